The molecule has 0 aliphatic heterocycles. The molecule has 0 bridgehead atoms. The number of amides is 5. The van der Waals surface area contributed by atoms with Crippen molar-refractivity contribution in [3.63, 3.8) is 0 Å². The second-order valence-corrected chi connectivity index (χ2v) is 9.33. The molecule has 4 atom stereocenters. The lowest BCUT2D eigenvalue weighted by molar-refractivity contribution is -0.142. The van der Waals surface area contributed by atoms with Gasteiger partial charge in [0, 0.05) is 19.8 Å². The van der Waals surface area contributed by atoms with Crippen molar-refractivity contribution in [1.29, 1.82) is 0 Å². The second-order valence-electron chi connectivity index (χ2n) is 9.33. The zero-order valence-corrected chi connectivity index (χ0v) is 22.7. The van der Waals surface area contributed by atoms with Gasteiger partial charge in [-0.05, 0) is 50.8 Å². The zero-order chi connectivity index (χ0) is 30.1. The van der Waals surface area contributed by atoms with E-state index in [2.05, 4.69) is 21.3 Å². The van der Waals surface area contributed by atoms with Crippen LogP contribution < -0.4 is 38.5 Å². The highest BCUT2D eigenvalue weighted by Gasteiger charge is 2.31. The van der Waals surface area contributed by atoms with Gasteiger partial charge in [0.05, 0.1) is 0 Å². The van der Waals surface area contributed by atoms with Crippen LogP contribution in [0.4, 0.5) is 0 Å². The third kappa shape index (κ3) is 13.2. The van der Waals surface area contributed by atoms with Gasteiger partial charge >= 0.3 is 5.97 Å². The summed E-state index contributed by atoms with van der Waals surface area (Å²) in [6, 6.07) is 4.28. The maximum Gasteiger partial charge on any atom is 0.326 e. The summed E-state index contributed by atoms with van der Waals surface area (Å²) in [7, 11) is 0. The van der Waals surface area contributed by atoms with Crippen LogP contribution in [0.5, 0.6) is 0 Å². The average Bonchev–Trinajstić information content (AvgIpc) is 2.90. The van der Waals surface area contributed by atoms with Crippen LogP contribution >= 0.6 is 0 Å². The lowest BCUT2D eigenvalue weighted by atomic mass is 10.0. The molecule has 1 aromatic carbocycles. The van der Waals surface area contributed by atoms with Crippen molar-refractivity contribution in [3.05, 3.63) is 35.9 Å². The smallest absolute Gasteiger partial charge is 0.326 e. The van der Waals surface area contributed by atoms with Crippen LogP contribution in [0.3, 0.4) is 0 Å². The summed E-state index contributed by atoms with van der Waals surface area (Å²) in [5, 5.41) is 19.5. The molecule has 14 heteroatoms. The molecule has 0 spiro atoms. The first-order valence-electron chi connectivity index (χ1n) is 13.1. The van der Waals surface area contributed by atoms with Crippen LogP contribution in [0.15, 0.2) is 30.3 Å². The highest BCUT2D eigenvalue weighted by Crippen LogP contribution is 2.07. The monoisotopic (exact) mass is 563 g/mol. The Balaban J connectivity index is 3.09. The number of nitrogens with one attached hydrogen (secondary N) is 4. The van der Waals surface area contributed by atoms with E-state index in [1.165, 1.54) is 6.92 Å². The fourth-order valence-corrected chi connectivity index (χ4v) is 3.85. The Morgan fingerprint density at radius 3 is 1.68 bits per heavy atom. The van der Waals surface area contributed by atoms with E-state index >= 15 is 0 Å². The van der Waals surface area contributed by atoms with E-state index < -0.39 is 59.7 Å². The normalized spacial score (nSPS) is 13.7. The Morgan fingerprint density at radius 1 is 0.725 bits per heavy atom. The molecule has 40 heavy (non-hydrogen) atoms. The minimum atomic E-state index is -1.31. The van der Waals surface area contributed by atoms with Gasteiger partial charge in [-0.3, -0.25) is 24.0 Å². The van der Waals surface area contributed by atoms with Gasteiger partial charge in [0.2, 0.25) is 29.5 Å². The number of carboxylic acids is 1. The van der Waals surface area contributed by atoms with E-state index in [0.29, 0.717) is 12.8 Å². The summed E-state index contributed by atoms with van der Waals surface area (Å²) in [6.07, 6.45) is 0.568. The number of hydrogen-bond donors (Lipinski definition) is 8. The largest absolute Gasteiger partial charge is 0.480 e. The number of carbonyl (C=O) groups excluding carboxylic acids is 5. The Bertz CT molecular complexity index is 1010. The molecular formula is C26H41N7O7. The molecule has 0 aromatic heterocycles. The molecule has 5 amide bonds. The standard InChI is InChI=1S/C26H41N7O7/c1-16(34)30-21(15-17-7-3-2-4-8-17)25(38)31-18(9-5-13-27)23(36)32-19(11-12-22(29)35)24(37)33-20(26(39)40)10-6-14-28/h2-4,7-8,18-21H,5-6,9-15,27-28H2,1H3,(H2,29,35)(H,30,34)(H,31,38)(H,32,36)(H,33,37)(H,39,40)/t18-,19+,20-,21+/m0/s1. The summed E-state index contributed by atoms with van der Waals surface area (Å²) in [4.78, 5) is 74.1. The fraction of sp³-hybridized carbons (Fsp3) is 0.538. The van der Waals surface area contributed by atoms with Crippen molar-refractivity contribution in [3.8, 4) is 0 Å². The van der Waals surface area contributed by atoms with E-state index in [0.717, 1.165) is 5.56 Å². The van der Waals surface area contributed by atoms with E-state index in [-0.39, 0.29) is 45.2 Å². The molecule has 0 radical (unpaired) electrons. The first-order valence-corrected chi connectivity index (χ1v) is 13.1. The van der Waals surface area contributed by atoms with Crippen LogP contribution in [0.1, 0.15) is 51.0 Å². The van der Waals surface area contributed by atoms with Gasteiger partial charge in [-0.25, -0.2) is 4.79 Å². The van der Waals surface area contributed by atoms with Crippen molar-refractivity contribution in [1.82, 2.24) is 21.3 Å². The predicted molar refractivity (Wildman–Crippen MR) is 146 cm³/mol. The molecule has 0 saturated heterocycles. The van der Waals surface area contributed by atoms with E-state index in [4.69, 9.17) is 17.2 Å². The number of primary amides is 1. The highest BCUT2D eigenvalue weighted by molar-refractivity contribution is 5.95. The molecule has 222 valence electrons. The van der Waals surface area contributed by atoms with Crippen molar-refractivity contribution in [2.75, 3.05) is 13.1 Å². The number of hydrogen-bond acceptors (Lipinski definition) is 8. The van der Waals surface area contributed by atoms with Crippen molar-refractivity contribution in [2.45, 2.75) is 76.0 Å². The van der Waals surface area contributed by atoms with Crippen LogP contribution in [0.2, 0.25) is 0 Å². The molecule has 0 heterocycles. The van der Waals surface area contributed by atoms with Crippen molar-refractivity contribution < 1.29 is 33.9 Å². The Labute approximate surface area is 233 Å². The fourth-order valence-electron chi connectivity index (χ4n) is 3.85. The molecule has 0 saturated carbocycles. The summed E-state index contributed by atoms with van der Waals surface area (Å²) >= 11 is 0. The molecule has 0 fully saturated rings. The molecule has 11 N–H and O–H groups in total. The van der Waals surface area contributed by atoms with Gasteiger partial charge in [0.15, 0.2) is 0 Å². The SMILES string of the molecule is CC(=O)N[C@H](Cc1ccccc1)C(=O)N[C@@H](CCCN)C(=O)N[C@H](CCC(N)=O)C(=O)N[C@@H](CCCN)C(=O)O. The Kier molecular flexibility index (Phi) is 15.5. The van der Waals surface area contributed by atoms with Gasteiger partial charge in [0.25, 0.3) is 0 Å². The van der Waals surface area contributed by atoms with Crippen molar-refractivity contribution in [2.24, 2.45) is 17.2 Å². The second kappa shape index (κ2) is 18.3. The van der Waals surface area contributed by atoms with Gasteiger partial charge in [-0.2, -0.15) is 0 Å². The van der Waals surface area contributed by atoms with E-state index in [9.17, 15) is 33.9 Å². The Hall–Kier alpha value is -4.04. The maximum absolute atomic E-state index is 13.3. The van der Waals surface area contributed by atoms with Gasteiger partial charge in [-0.1, -0.05) is 30.3 Å². The first kappa shape index (κ1) is 34.0. The number of rotatable bonds is 19. The number of benzene rings is 1. The van der Waals surface area contributed by atoms with Crippen molar-refractivity contribution >= 4 is 35.5 Å². The third-order valence-electron chi connectivity index (χ3n) is 5.93. The average molecular weight is 564 g/mol. The Morgan fingerprint density at radius 2 is 1.20 bits per heavy atom. The molecule has 0 unspecified atom stereocenters. The molecule has 0 aliphatic rings. The quantitative estimate of drug-likeness (QED) is 0.0927. The topological polar surface area (TPSA) is 249 Å². The van der Waals surface area contributed by atoms with E-state index in [1.54, 1.807) is 24.3 Å². The highest BCUT2D eigenvalue weighted by atomic mass is 16.4. The van der Waals surface area contributed by atoms with E-state index in [1.807, 2.05) is 6.07 Å². The first-order chi connectivity index (χ1) is 19.0. The van der Waals surface area contributed by atoms with Gasteiger partial charge < -0.3 is 43.6 Å². The zero-order valence-electron chi connectivity index (χ0n) is 22.7. The third-order valence-corrected chi connectivity index (χ3v) is 5.93. The number of carboxylic acid groups (broad SMARTS) is 1. The van der Waals surface area contributed by atoms with Crippen LogP contribution in [0, 0.1) is 0 Å². The molecule has 1 aromatic rings. The number of nitrogens with two attached hydrogens (primary N) is 3. The molecular weight excluding hydrogens is 522 g/mol. The van der Waals surface area contributed by atoms with Crippen LogP contribution in [-0.2, 0) is 35.2 Å². The summed E-state index contributed by atoms with van der Waals surface area (Å²) in [5.74, 6) is -4.65. The molecule has 0 aliphatic carbocycles. The summed E-state index contributed by atoms with van der Waals surface area (Å²) < 4.78 is 0. The lowest BCUT2D eigenvalue weighted by Crippen LogP contribution is -2.58. The van der Waals surface area contributed by atoms with Crippen LogP contribution in [0.25, 0.3) is 0 Å². The van der Waals surface area contributed by atoms with Gasteiger partial charge in [0.1, 0.15) is 24.2 Å². The maximum atomic E-state index is 13.3. The minimum absolute atomic E-state index is 0.0647. The predicted octanol–water partition coefficient (Wildman–Crippen LogP) is -1.98. The molecule has 14 nitrogen and oxygen atoms in total. The lowest BCUT2D eigenvalue weighted by Gasteiger charge is -2.26. The summed E-state index contributed by atoms with van der Waals surface area (Å²) in [6.45, 7) is 1.70. The number of carbonyl (C=O) groups is 6. The minimum Gasteiger partial charge on any atom is -0.480 e. The molecule has 1 rings (SSSR count). The van der Waals surface area contributed by atoms with Gasteiger partial charge in [-0.15, -0.1) is 0 Å². The van der Waals surface area contributed by atoms with Crippen LogP contribution in [-0.4, -0.2) is 77.9 Å². The number of aliphatic carboxylic acids is 1. The summed E-state index contributed by atoms with van der Waals surface area (Å²) in [5.41, 5.74) is 17.0.